The van der Waals surface area contributed by atoms with Gasteiger partial charge in [0.15, 0.2) is 5.69 Å². The SMILES string of the molecule is CC(C)c1nc2c(c(C(F)(F)F)n1)CNCC2. The summed E-state index contributed by atoms with van der Waals surface area (Å²) in [4.78, 5) is 7.92. The van der Waals surface area contributed by atoms with Gasteiger partial charge in [0, 0.05) is 31.0 Å². The molecule has 1 aliphatic rings. The van der Waals surface area contributed by atoms with Crippen molar-refractivity contribution in [1.82, 2.24) is 15.3 Å². The summed E-state index contributed by atoms with van der Waals surface area (Å²) in [5, 5.41) is 2.92. The molecule has 0 fully saturated rings. The summed E-state index contributed by atoms with van der Waals surface area (Å²) in [7, 11) is 0. The number of hydrogen-bond donors (Lipinski definition) is 1. The van der Waals surface area contributed by atoms with Crippen molar-refractivity contribution >= 4 is 0 Å². The second-order valence-corrected chi connectivity index (χ2v) is 4.43. The number of fused-ring (bicyclic) bond motifs is 1. The normalized spacial score (nSPS) is 16.1. The van der Waals surface area contributed by atoms with Crippen LogP contribution in [0.25, 0.3) is 0 Å². The molecule has 0 atom stereocenters. The van der Waals surface area contributed by atoms with Crippen molar-refractivity contribution in [3.63, 3.8) is 0 Å². The van der Waals surface area contributed by atoms with Crippen LogP contribution < -0.4 is 5.32 Å². The highest BCUT2D eigenvalue weighted by atomic mass is 19.4. The van der Waals surface area contributed by atoms with Crippen molar-refractivity contribution < 1.29 is 13.2 Å². The molecule has 3 nitrogen and oxygen atoms in total. The number of nitrogens with one attached hydrogen (secondary N) is 1. The summed E-state index contributed by atoms with van der Waals surface area (Å²) in [5.74, 6) is 0.175. The first-order valence-electron chi connectivity index (χ1n) is 5.57. The molecule has 1 aliphatic heterocycles. The lowest BCUT2D eigenvalue weighted by atomic mass is 10.0. The molecule has 0 saturated heterocycles. The van der Waals surface area contributed by atoms with Crippen molar-refractivity contribution in [2.45, 2.75) is 38.9 Å². The molecule has 0 amide bonds. The Labute approximate surface area is 97.5 Å². The van der Waals surface area contributed by atoms with Gasteiger partial charge in [-0.2, -0.15) is 13.2 Å². The zero-order chi connectivity index (χ0) is 12.6. The van der Waals surface area contributed by atoms with Crippen molar-refractivity contribution in [1.29, 1.82) is 0 Å². The standard InChI is InChI=1S/C11H14F3N3/c1-6(2)10-16-8-3-4-15-5-7(8)9(17-10)11(12,13)14/h6,15H,3-5H2,1-2H3. The summed E-state index contributed by atoms with van der Waals surface area (Å²) in [6, 6.07) is 0. The maximum atomic E-state index is 12.9. The Hall–Kier alpha value is -1.17. The average molecular weight is 245 g/mol. The Morgan fingerprint density at radius 2 is 1.94 bits per heavy atom. The van der Waals surface area contributed by atoms with Gasteiger partial charge in [0.05, 0.1) is 5.69 Å². The molecular weight excluding hydrogens is 231 g/mol. The largest absolute Gasteiger partial charge is 0.433 e. The van der Waals surface area contributed by atoms with E-state index in [1.165, 1.54) is 0 Å². The van der Waals surface area contributed by atoms with E-state index >= 15 is 0 Å². The molecule has 0 aromatic carbocycles. The number of nitrogens with zero attached hydrogens (tertiary/aromatic N) is 2. The highest BCUT2D eigenvalue weighted by Gasteiger charge is 2.38. The summed E-state index contributed by atoms with van der Waals surface area (Å²) < 4.78 is 38.7. The van der Waals surface area contributed by atoms with E-state index in [0.29, 0.717) is 18.7 Å². The Bertz CT molecular complexity index is 427. The van der Waals surface area contributed by atoms with Crippen LogP contribution in [0.5, 0.6) is 0 Å². The lowest BCUT2D eigenvalue weighted by molar-refractivity contribution is -0.142. The molecule has 0 saturated carbocycles. The van der Waals surface area contributed by atoms with E-state index in [1.54, 1.807) is 13.8 Å². The van der Waals surface area contributed by atoms with Crippen LogP contribution in [0.3, 0.4) is 0 Å². The molecule has 0 aliphatic carbocycles. The van der Waals surface area contributed by atoms with E-state index in [4.69, 9.17) is 0 Å². The Morgan fingerprint density at radius 3 is 2.53 bits per heavy atom. The third kappa shape index (κ3) is 2.41. The molecule has 1 aromatic heterocycles. The minimum absolute atomic E-state index is 0.101. The van der Waals surface area contributed by atoms with Crippen molar-refractivity contribution in [3.8, 4) is 0 Å². The van der Waals surface area contributed by atoms with E-state index in [1.807, 2.05) is 0 Å². The molecule has 94 valence electrons. The van der Waals surface area contributed by atoms with Gasteiger partial charge in [0.1, 0.15) is 5.82 Å². The predicted molar refractivity (Wildman–Crippen MR) is 56.5 cm³/mol. The minimum atomic E-state index is -4.41. The number of aromatic nitrogens is 2. The molecule has 1 N–H and O–H groups in total. The second kappa shape index (κ2) is 4.25. The maximum Gasteiger partial charge on any atom is 0.433 e. The van der Waals surface area contributed by atoms with Crippen molar-refractivity contribution in [2.75, 3.05) is 6.54 Å². The van der Waals surface area contributed by atoms with Gasteiger partial charge in [-0.1, -0.05) is 13.8 Å². The summed E-state index contributed by atoms with van der Waals surface area (Å²) in [5.41, 5.74) is -0.0404. The number of rotatable bonds is 1. The predicted octanol–water partition coefficient (Wildman–Crippen LogP) is 2.26. The van der Waals surface area contributed by atoms with Gasteiger partial charge in [-0.05, 0) is 0 Å². The Kier molecular flexibility index (Phi) is 3.07. The number of hydrogen-bond acceptors (Lipinski definition) is 3. The molecule has 0 spiro atoms. The number of alkyl halides is 3. The number of halogens is 3. The third-order valence-electron chi connectivity index (χ3n) is 2.74. The Balaban J connectivity index is 2.58. The van der Waals surface area contributed by atoms with E-state index in [9.17, 15) is 13.2 Å². The van der Waals surface area contributed by atoms with Crippen LogP contribution in [-0.2, 0) is 19.1 Å². The fraction of sp³-hybridized carbons (Fsp3) is 0.636. The highest BCUT2D eigenvalue weighted by molar-refractivity contribution is 5.30. The fourth-order valence-electron chi connectivity index (χ4n) is 1.85. The van der Waals surface area contributed by atoms with Gasteiger partial charge in [0.2, 0.25) is 0 Å². The van der Waals surface area contributed by atoms with E-state index < -0.39 is 11.9 Å². The first-order valence-corrected chi connectivity index (χ1v) is 5.57. The monoisotopic (exact) mass is 245 g/mol. The van der Waals surface area contributed by atoms with Gasteiger partial charge in [-0.3, -0.25) is 0 Å². The fourth-order valence-corrected chi connectivity index (χ4v) is 1.85. The molecule has 2 rings (SSSR count). The van der Waals surface area contributed by atoms with Crippen molar-refractivity contribution in [3.05, 3.63) is 22.8 Å². The van der Waals surface area contributed by atoms with Crippen LogP contribution in [-0.4, -0.2) is 16.5 Å². The molecule has 2 heterocycles. The van der Waals surface area contributed by atoms with E-state index in [0.717, 1.165) is 0 Å². The van der Waals surface area contributed by atoms with Crippen LogP contribution >= 0.6 is 0 Å². The van der Waals surface area contributed by atoms with E-state index in [2.05, 4.69) is 15.3 Å². The highest BCUT2D eigenvalue weighted by Crippen LogP contribution is 2.33. The van der Waals surface area contributed by atoms with Crippen LogP contribution in [0.2, 0.25) is 0 Å². The first-order chi connectivity index (χ1) is 7.89. The van der Waals surface area contributed by atoms with Crippen LogP contribution in [0.4, 0.5) is 13.2 Å². The van der Waals surface area contributed by atoms with Gasteiger partial charge < -0.3 is 5.32 Å². The zero-order valence-corrected chi connectivity index (χ0v) is 9.73. The quantitative estimate of drug-likeness (QED) is 0.824. The summed E-state index contributed by atoms with van der Waals surface area (Å²) in [6.07, 6.45) is -3.88. The maximum absolute atomic E-state index is 12.9. The first kappa shape index (κ1) is 12.3. The average Bonchev–Trinajstić information content (AvgIpc) is 2.26. The van der Waals surface area contributed by atoms with Crippen molar-refractivity contribution in [2.24, 2.45) is 0 Å². The van der Waals surface area contributed by atoms with Crippen LogP contribution in [0, 0.1) is 0 Å². The Morgan fingerprint density at radius 1 is 1.24 bits per heavy atom. The van der Waals surface area contributed by atoms with Gasteiger partial charge in [0.25, 0.3) is 0 Å². The summed E-state index contributed by atoms with van der Waals surface area (Å²) in [6.45, 7) is 4.45. The molecule has 0 unspecified atom stereocenters. The smallest absolute Gasteiger partial charge is 0.312 e. The van der Waals surface area contributed by atoms with Crippen LogP contribution in [0.1, 0.15) is 42.5 Å². The van der Waals surface area contributed by atoms with Gasteiger partial charge >= 0.3 is 6.18 Å². The molecular formula is C11H14F3N3. The zero-order valence-electron chi connectivity index (χ0n) is 9.73. The van der Waals surface area contributed by atoms with Gasteiger partial charge in [-0.15, -0.1) is 0 Å². The second-order valence-electron chi connectivity index (χ2n) is 4.43. The molecule has 0 radical (unpaired) electrons. The molecule has 1 aromatic rings. The molecule has 6 heteroatoms. The molecule has 17 heavy (non-hydrogen) atoms. The lowest BCUT2D eigenvalue weighted by Crippen LogP contribution is -2.29. The van der Waals surface area contributed by atoms with Gasteiger partial charge in [-0.25, -0.2) is 9.97 Å². The van der Waals surface area contributed by atoms with E-state index in [-0.39, 0.29) is 23.9 Å². The summed E-state index contributed by atoms with van der Waals surface area (Å²) >= 11 is 0. The van der Waals surface area contributed by atoms with Crippen LogP contribution in [0.15, 0.2) is 0 Å². The topological polar surface area (TPSA) is 37.8 Å². The molecule has 0 bridgehead atoms. The lowest BCUT2D eigenvalue weighted by Gasteiger charge is -2.21. The minimum Gasteiger partial charge on any atom is -0.312 e. The third-order valence-corrected chi connectivity index (χ3v) is 2.74.